The second-order valence-corrected chi connectivity index (χ2v) is 12.9. The van der Waals surface area contributed by atoms with E-state index in [1.807, 2.05) is 37.8 Å². The molecule has 0 unspecified atom stereocenters. The standard InChI is InChI=1S/C31H36Cl3N3O4/c1-31(2,3)41-30(40)36-14-11-20(12-15-36)17-28(38)37-16-13-27(24(19-37)22-7-10-25(33)26(34)18-22)35(4)29(39)21-5-8-23(32)9-6-21/h5-10,17-18,24,27H,11-16,19H2,1-4H3/t24-,27+/m0/s1. The molecule has 41 heavy (non-hydrogen) atoms. The molecular weight excluding hydrogens is 585 g/mol. The first kappa shape index (κ1) is 31.2. The highest BCUT2D eigenvalue weighted by molar-refractivity contribution is 6.42. The van der Waals surface area contributed by atoms with Crippen LogP contribution in [0.3, 0.4) is 0 Å². The molecular formula is C31H36Cl3N3O4. The Morgan fingerprint density at radius 3 is 2.20 bits per heavy atom. The van der Waals surface area contributed by atoms with Crippen molar-refractivity contribution in [3.05, 3.63) is 80.3 Å². The zero-order valence-corrected chi connectivity index (χ0v) is 26.1. The van der Waals surface area contributed by atoms with Crippen LogP contribution in [0.25, 0.3) is 0 Å². The van der Waals surface area contributed by atoms with E-state index in [1.165, 1.54) is 0 Å². The summed E-state index contributed by atoms with van der Waals surface area (Å²) in [5.74, 6) is -0.354. The lowest BCUT2D eigenvalue weighted by molar-refractivity contribution is -0.127. The van der Waals surface area contributed by atoms with Crippen LogP contribution < -0.4 is 0 Å². The van der Waals surface area contributed by atoms with Gasteiger partial charge in [0.2, 0.25) is 5.91 Å². The Bertz CT molecular complexity index is 1310. The molecule has 2 aliphatic heterocycles. The van der Waals surface area contributed by atoms with Crippen LogP contribution >= 0.6 is 34.8 Å². The van der Waals surface area contributed by atoms with Gasteiger partial charge >= 0.3 is 6.09 Å². The maximum absolute atomic E-state index is 13.4. The maximum atomic E-state index is 13.4. The Hall–Kier alpha value is -2.74. The van der Waals surface area contributed by atoms with E-state index in [1.54, 1.807) is 53.3 Å². The van der Waals surface area contributed by atoms with E-state index in [-0.39, 0.29) is 29.9 Å². The molecule has 0 bridgehead atoms. The highest BCUT2D eigenvalue weighted by Gasteiger charge is 2.37. The van der Waals surface area contributed by atoms with E-state index in [0.29, 0.717) is 66.1 Å². The third kappa shape index (κ3) is 7.97. The van der Waals surface area contributed by atoms with Crippen molar-refractivity contribution in [2.24, 2.45) is 0 Å². The summed E-state index contributed by atoms with van der Waals surface area (Å²) in [5.41, 5.74) is 1.92. The summed E-state index contributed by atoms with van der Waals surface area (Å²) in [7, 11) is 1.80. The Morgan fingerprint density at radius 2 is 1.59 bits per heavy atom. The van der Waals surface area contributed by atoms with Gasteiger partial charge in [-0.3, -0.25) is 9.59 Å². The van der Waals surface area contributed by atoms with Crippen LogP contribution in [0.2, 0.25) is 15.1 Å². The van der Waals surface area contributed by atoms with Gasteiger partial charge < -0.3 is 19.4 Å². The summed E-state index contributed by atoms with van der Waals surface area (Å²) in [4.78, 5) is 44.5. The first-order chi connectivity index (χ1) is 19.3. The molecule has 2 atom stereocenters. The lowest BCUT2D eigenvalue weighted by Crippen LogP contribution is -2.51. The Labute approximate surface area is 257 Å². The fourth-order valence-electron chi connectivity index (χ4n) is 5.33. The molecule has 0 aromatic heterocycles. The van der Waals surface area contributed by atoms with Gasteiger partial charge in [-0.05, 0) is 82.0 Å². The monoisotopic (exact) mass is 619 g/mol. The van der Waals surface area contributed by atoms with Crippen LogP contribution in [0.15, 0.2) is 54.1 Å². The number of likely N-dealkylation sites (N-methyl/N-ethyl adjacent to an activating group) is 1. The van der Waals surface area contributed by atoms with Crippen molar-refractivity contribution in [1.29, 1.82) is 0 Å². The normalized spacial score (nSPS) is 19.5. The molecule has 0 aliphatic carbocycles. The molecule has 2 aromatic rings. The predicted molar refractivity (Wildman–Crippen MR) is 163 cm³/mol. The quantitative estimate of drug-likeness (QED) is 0.343. The molecule has 2 fully saturated rings. The molecule has 0 radical (unpaired) electrons. The SMILES string of the molecule is CN(C(=O)c1ccc(Cl)cc1)[C@@H]1CCN(C(=O)C=C2CCN(C(=O)OC(C)(C)C)CC2)C[C@H]1c1ccc(Cl)c(Cl)c1. The first-order valence-corrected chi connectivity index (χ1v) is 14.9. The minimum Gasteiger partial charge on any atom is -0.444 e. The first-order valence-electron chi connectivity index (χ1n) is 13.8. The van der Waals surface area contributed by atoms with Gasteiger partial charge in [0, 0.05) is 61.8 Å². The largest absolute Gasteiger partial charge is 0.444 e. The number of hydrogen-bond donors (Lipinski definition) is 0. The van der Waals surface area contributed by atoms with Crippen LogP contribution in [0, 0.1) is 0 Å². The second kappa shape index (κ2) is 13.1. The van der Waals surface area contributed by atoms with Gasteiger partial charge in [0.05, 0.1) is 10.0 Å². The van der Waals surface area contributed by atoms with Gasteiger partial charge in [-0.1, -0.05) is 46.4 Å². The lowest BCUT2D eigenvalue weighted by atomic mass is 9.84. The molecule has 0 spiro atoms. The summed E-state index contributed by atoms with van der Waals surface area (Å²) < 4.78 is 5.48. The van der Waals surface area contributed by atoms with Crippen LogP contribution in [-0.2, 0) is 9.53 Å². The number of amides is 3. The van der Waals surface area contributed by atoms with Crippen molar-refractivity contribution in [3.63, 3.8) is 0 Å². The van der Waals surface area contributed by atoms with E-state index in [9.17, 15) is 14.4 Å². The number of rotatable bonds is 4. The van der Waals surface area contributed by atoms with Crippen LogP contribution in [0.5, 0.6) is 0 Å². The van der Waals surface area contributed by atoms with Gasteiger partial charge in [0.15, 0.2) is 0 Å². The van der Waals surface area contributed by atoms with Gasteiger partial charge in [-0.2, -0.15) is 0 Å². The molecule has 10 heteroatoms. The van der Waals surface area contributed by atoms with Crippen LogP contribution in [0.4, 0.5) is 4.79 Å². The summed E-state index contributed by atoms with van der Waals surface area (Å²) in [5, 5.41) is 1.44. The zero-order valence-electron chi connectivity index (χ0n) is 23.8. The number of hydrogen-bond acceptors (Lipinski definition) is 4. The van der Waals surface area contributed by atoms with Crippen molar-refractivity contribution in [3.8, 4) is 0 Å². The number of nitrogens with zero attached hydrogens (tertiary/aromatic N) is 3. The Morgan fingerprint density at radius 1 is 0.927 bits per heavy atom. The summed E-state index contributed by atoms with van der Waals surface area (Å²) in [6.45, 7) is 7.50. The Balaban J connectivity index is 1.48. The number of likely N-dealkylation sites (tertiary alicyclic amines) is 2. The lowest BCUT2D eigenvalue weighted by Gasteiger charge is -2.43. The molecule has 0 N–H and O–H groups in total. The molecule has 2 aliphatic rings. The van der Waals surface area contributed by atoms with Crippen molar-refractivity contribution < 1.29 is 19.1 Å². The number of carbonyl (C=O) groups excluding carboxylic acids is 3. The number of halogens is 3. The number of ether oxygens (including phenoxy) is 1. The Kier molecular flexibility index (Phi) is 9.93. The van der Waals surface area contributed by atoms with Gasteiger partial charge in [0.25, 0.3) is 5.91 Å². The predicted octanol–water partition coefficient (Wildman–Crippen LogP) is 7.06. The van der Waals surface area contributed by atoms with Crippen molar-refractivity contribution in [1.82, 2.24) is 14.7 Å². The van der Waals surface area contributed by atoms with E-state index >= 15 is 0 Å². The molecule has 0 saturated carbocycles. The molecule has 220 valence electrons. The molecule has 2 heterocycles. The molecule has 3 amide bonds. The van der Waals surface area contributed by atoms with E-state index in [2.05, 4.69) is 0 Å². The highest BCUT2D eigenvalue weighted by atomic mass is 35.5. The van der Waals surface area contributed by atoms with Crippen molar-refractivity contribution in [2.75, 3.05) is 33.2 Å². The molecule has 7 nitrogen and oxygen atoms in total. The zero-order chi connectivity index (χ0) is 29.9. The van der Waals surface area contributed by atoms with Crippen molar-refractivity contribution in [2.45, 2.75) is 57.6 Å². The van der Waals surface area contributed by atoms with Gasteiger partial charge in [-0.25, -0.2) is 4.79 Å². The third-order valence-corrected chi connectivity index (χ3v) is 8.54. The maximum Gasteiger partial charge on any atom is 0.410 e. The number of benzene rings is 2. The molecule has 2 aromatic carbocycles. The van der Waals surface area contributed by atoms with Crippen LogP contribution in [0.1, 0.15) is 61.9 Å². The van der Waals surface area contributed by atoms with E-state index in [4.69, 9.17) is 39.5 Å². The van der Waals surface area contributed by atoms with Gasteiger partial charge in [0.1, 0.15) is 5.60 Å². The van der Waals surface area contributed by atoms with Gasteiger partial charge in [-0.15, -0.1) is 0 Å². The average Bonchev–Trinajstić information content (AvgIpc) is 2.93. The van der Waals surface area contributed by atoms with Crippen LogP contribution in [-0.4, -0.2) is 77.5 Å². The topological polar surface area (TPSA) is 70.2 Å². The minimum absolute atomic E-state index is 0.0686. The fraction of sp³-hybridized carbons (Fsp3) is 0.452. The average molecular weight is 621 g/mol. The van der Waals surface area contributed by atoms with E-state index < -0.39 is 5.60 Å². The highest BCUT2D eigenvalue weighted by Crippen LogP contribution is 2.35. The summed E-state index contributed by atoms with van der Waals surface area (Å²) in [6, 6.07) is 12.1. The smallest absolute Gasteiger partial charge is 0.410 e. The second-order valence-electron chi connectivity index (χ2n) is 11.6. The van der Waals surface area contributed by atoms with E-state index in [0.717, 1.165) is 11.1 Å². The number of piperidine rings is 2. The third-order valence-electron chi connectivity index (χ3n) is 7.55. The fourth-order valence-corrected chi connectivity index (χ4v) is 5.77. The summed E-state index contributed by atoms with van der Waals surface area (Å²) in [6.07, 6.45) is 3.22. The molecule has 4 rings (SSSR count). The van der Waals surface area contributed by atoms with Crippen molar-refractivity contribution >= 4 is 52.7 Å². The number of carbonyl (C=O) groups is 3. The minimum atomic E-state index is -0.548. The molecule has 2 saturated heterocycles. The summed E-state index contributed by atoms with van der Waals surface area (Å²) >= 11 is 18.6.